The molecule has 4 nitrogen and oxygen atoms in total. The van der Waals surface area contributed by atoms with Crippen LogP contribution in [0.15, 0.2) is 24.8 Å². The highest BCUT2D eigenvalue weighted by Gasteiger charge is 2.42. The molecule has 0 aromatic rings. The lowest BCUT2D eigenvalue weighted by Gasteiger charge is -2.27. The number of esters is 1. The summed E-state index contributed by atoms with van der Waals surface area (Å²) in [6, 6.07) is -1.49. The van der Waals surface area contributed by atoms with Crippen molar-refractivity contribution in [2.24, 2.45) is 5.92 Å². The van der Waals surface area contributed by atoms with E-state index in [4.69, 9.17) is 4.74 Å². The van der Waals surface area contributed by atoms with Crippen molar-refractivity contribution in [2.75, 3.05) is 0 Å². The molecule has 1 amide bonds. The number of alkyl halides is 3. The molecule has 0 aliphatic heterocycles. The van der Waals surface area contributed by atoms with Gasteiger partial charge in [0.1, 0.15) is 11.6 Å². The smallest absolute Gasteiger partial charge is 0.458 e. The fraction of sp³-hybridized carbons (Fsp3) is 0.571. The Hall–Kier alpha value is -1.79. The SMILES string of the molecule is C=C[C@@H](/C=C/C)[C@H](NC(=O)C(F)(F)F)C(=O)OC(C)(C)C. The molecule has 120 valence electrons. The zero-order valence-electron chi connectivity index (χ0n) is 12.5. The predicted octanol–water partition coefficient (Wildman–Crippen LogP) is 2.75. The molecule has 1 N–H and O–H groups in total. The first-order chi connectivity index (χ1) is 9.42. The van der Waals surface area contributed by atoms with Gasteiger partial charge in [-0.05, 0) is 27.7 Å². The first-order valence-corrected chi connectivity index (χ1v) is 6.28. The molecule has 2 atom stereocenters. The second-order valence-electron chi connectivity index (χ2n) is 5.32. The minimum absolute atomic E-state index is 0.809. The molecule has 0 saturated heterocycles. The van der Waals surface area contributed by atoms with Crippen molar-refractivity contribution in [1.29, 1.82) is 0 Å². The number of nitrogens with one attached hydrogen (secondary N) is 1. The average Bonchev–Trinajstić information content (AvgIpc) is 2.29. The summed E-state index contributed by atoms with van der Waals surface area (Å²) in [5.74, 6) is -3.96. The van der Waals surface area contributed by atoms with Crippen LogP contribution in [0.1, 0.15) is 27.7 Å². The van der Waals surface area contributed by atoms with Crippen LogP contribution in [0, 0.1) is 5.92 Å². The fourth-order valence-corrected chi connectivity index (χ4v) is 1.45. The van der Waals surface area contributed by atoms with Gasteiger partial charge in [0.25, 0.3) is 0 Å². The number of halogens is 3. The van der Waals surface area contributed by atoms with E-state index in [1.165, 1.54) is 12.2 Å². The van der Waals surface area contributed by atoms with E-state index in [0.717, 1.165) is 0 Å². The summed E-state index contributed by atoms with van der Waals surface area (Å²) in [7, 11) is 0. The van der Waals surface area contributed by atoms with E-state index in [-0.39, 0.29) is 0 Å². The van der Waals surface area contributed by atoms with Gasteiger partial charge in [-0.15, -0.1) is 6.58 Å². The summed E-state index contributed by atoms with van der Waals surface area (Å²) >= 11 is 0. The van der Waals surface area contributed by atoms with Crippen LogP contribution < -0.4 is 5.32 Å². The lowest BCUT2D eigenvalue weighted by molar-refractivity contribution is -0.177. The zero-order valence-corrected chi connectivity index (χ0v) is 12.5. The van der Waals surface area contributed by atoms with Crippen molar-refractivity contribution in [3.63, 3.8) is 0 Å². The first kappa shape index (κ1) is 19.2. The van der Waals surface area contributed by atoms with Crippen LogP contribution in [-0.2, 0) is 14.3 Å². The molecule has 0 radical (unpaired) electrons. The Morgan fingerprint density at radius 3 is 2.10 bits per heavy atom. The number of allylic oxidation sites excluding steroid dienone is 1. The molecule has 0 aromatic heterocycles. The zero-order chi connectivity index (χ0) is 16.8. The summed E-state index contributed by atoms with van der Waals surface area (Å²) in [4.78, 5) is 23.1. The molecule has 0 aliphatic rings. The molecular weight excluding hydrogens is 287 g/mol. The van der Waals surface area contributed by atoms with E-state index in [1.807, 2.05) is 0 Å². The van der Waals surface area contributed by atoms with Crippen molar-refractivity contribution < 1.29 is 27.5 Å². The number of rotatable bonds is 5. The minimum atomic E-state index is -5.08. The molecule has 0 aromatic carbocycles. The Morgan fingerprint density at radius 2 is 1.76 bits per heavy atom. The quantitative estimate of drug-likeness (QED) is 0.627. The van der Waals surface area contributed by atoms with E-state index in [1.54, 1.807) is 39.1 Å². The summed E-state index contributed by atoms with van der Waals surface area (Å²) < 4.78 is 42.1. The van der Waals surface area contributed by atoms with E-state index < -0.39 is 35.6 Å². The van der Waals surface area contributed by atoms with Gasteiger partial charge in [0, 0.05) is 5.92 Å². The van der Waals surface area contributed by atoms with Gasteiger partial charge in [0.05, 0.1) is 0 Å². The highest BCUT2D eigenvalue weighted by Crippen LogP contribution is 2.19. The lowest BCUT2D eigenvalue weighted by Crippen LogP contribution is -2.51. The minimum Gasteiger partial charge on any atom is -0.458 e. The van der Waals surface area contributed by atoms with Crippen molar-refractivity contribution >= 4 is 11.9 Å². The molecule has 0 fully saturated rings. The Kier molecular flexibility index (Phi) is 6.66. The van der Waals surface area contributed by atoms with Crippen molar-refractivity contribution in [3.8, 4) is 0 Å². The van der Waals surface area contributed by atoms with Crippen LogP contribution in [0.4, 0.5) is 13.2 Å². The molecular formula is C14H20F3NO3. The monoisotopic (exact) mass is 307 g/mol. The molecule has 0 rings (SSSR count). The van der Waals surface area contributed by atoms with Gasteiger partial charge in [0.15, 0.2) is 0 Å². The molecule has 21 heavy (non-hydrogen) atoms. The number of hydrogen-bond acceptors (Lipinski definition) is 3. The highest BCUT2D eigenvalue weighted by atomic mass is 19.4. The van der Waals surface area contributed by atoms with Gasteiger partial charge in [-0.2, -0.15) is 13.2 Å². The molecule has 7 heteroatoms. The average molecular weight is 307 g/mol. The van der Waals surface area contributed by atoms with Gasteiger partial charge in [-0.25, -0.2) is 4.79 Å². The van der Waals surface area contributed by atoms with Crippen molar-refractivity contribution in [1.82, 2.24) is 5.32 Å². The summed E-state index contributed by atoms with van der Waals surface area (Å²) in [5.41, 5.74) is -0.889. The molecule has 0 heterocycles. The summed E-state index contributed by atoms with van der Waals surface area (Å²) in [6.45, 7) is 9.82. The maximum atomic E-state index is 12.4. The van der Waals surface area contributed by atoms with Gasteiger partial charge < -0.3 is 10.1 Å². The van der Waals surface area contributed by atoms with Crippen LogP contribution in [0.5, 0.6) is 0 Å². The van der Waals surface area contributed by atoms with E-state index >= 15 is 0 Å². The number of carbonyl (C=O) groups is 2. The largest absolute Gasteiger partial charge is 0.471 e. The molecule has 0 aliphatic carbocycles. The van der Waals surface area contributed by atoms with Crippen LogP contribution in [0.2, 0.25) is 0 Å². The topological polar surface area (TPSA) is 55.4 Å². The molecule has 0 spiro atoms. The van der Waals surface area contributed by atoms with Crippen LogP contribution >= 0.6 is 0 Å². The third-order valence-corrected chi connectivity index (χ3v) is 2.28. The Labute approximate surface area is 122 Å². The predicted molar refractivity (Wildman–Crippen MR) is 72.3 cm³/mol. The maximum absolute atomic E-state index is 12.4. The maximum Gasteiger partial charge on any atom is 0.471 e. The van der Waals surface area contributed by atoms with E-state index in [0.29, 0.717) is 0 Å². The lowest BCUT2D eigenvalue weighted by atomic mass is 9.98. The highest BCUT2D eigenvalue weighted by molar-refractivity contribution is 5.88. The van der Waals surface area contributed by atoms with Gasteiger partial charge in [-0.1, -0.05) is 18.2 Å². The molecule has 0 saturated carbocycles. The number of ether oxygens (including phenoxy) is 1. The Morgan fingerprint density at radius 1 is 1.24 bits per heavy atom. The standard InChI is InChI=1S/C14H20F3NO3/c1-6-8-9(7-2)10(11(19)21-13(3,4)5)18-12(20)14(15,16)17/h6-10H,2H2,1,3-5H3,(H,18,20)/b8-6+/t9-,10-/m0/s1. The number of amides is 1. The number of hydrogen-bond donors (Lipinski definition) is 1. The van der Waals surface area contributed by atoms with Crippen LogP contribution in [0.25, 0.3) is 0 Å². The van der Waals surface area contributed by atoms with Crippen molar-refractivity contribution in [2.45, 2.75) is 45.5 Å². The second-order valence-corrected chi connectivity index (χ2v) is 5.32. The van der Waals surface area contributed by atoms with Crippen LogP contribution in [-0.4, -0.2) is 29.7 Å². The Bertz CT molecular complexity index is 422. The molecule has 0 bridgehead atoms. The van der Waals surface area contributed by atoms with Gasteiger partial charge in [0.2, 0.25) is 0 Å². The van der Waals surface area contributed by atoms with E-state index in [9.17, 15) is 22.8 Å². The third kappa shape index (κ3) is 6.97. The number of carbonyl (C=O) groups excluding carboxylic acids is 2. The second kappa shape index (κ2) is 7.28. The fourth-order valence-electron chi connectivity index (χ4n) is 1.45. The summed E-state index contributed by atoms with van der Waals surface area (Å²) in [6.07, 6.45) is -0.811. The van der Waals surface area contributed by atoms with Gasteiger partial charge >= 0.3 is 18.1 Å². The third-order valence-electron chi connectivity index (χ3n) is 2.28. The van der Waals surface area contributed by atoms with E-state index in [2.05, 4.69) is 6.58 Å². The first-order valence-electron chi connectivity index (χ1n) is 6.28. The molecule has 0 unspecified atom stereocenters. The van der Waals surface area contributed by atoms with Crippen molar-refractivity contribution in [3.05, 3.63) is 24.8 Å². The Balaban J connectivity index is 5.32. The normalized spacial score (nSPS) is 15.4. The van der Waals surface area contributed by atoms with Gasteiger partial charge in [-0.3, -0.25) is 4.79 Å². The summed E-state index contributed by atoms with van der Waals surface area (Å²) in [5, 5.41) is 1.65. The van der Waals surface area contributed by atoms with Crippen LogP contribution in [0.3, 0.4) is 0 Å².